The van der Waals surface area contributed by atoms with Gasteiger partial charge in [-0.3, -0.25) is 0 Å². The van der Waals surface area contributed by atoms with Crippen LogP contribution in [0.2, 0.25) is 0 Å². The summed E-state index contributed by atoms with van der Waals surface area (Å²) in [5.41, 5.74) is 2.26. The normalized spacial score (nSPS) is 22.9. The quantitative estimate of drug-likeness (QED) is 0.864. The van der Waals surface area contributed by atoms with E-state index in [9.17, 15) is 5.11 Å². The predicted octanol–water partition coefficient (Wildman–Crippen LogP) is 2.76. The molecule has 2 unspecified atom stereocenters. The van der Waals surface area contributed by atoms with Gasteiger partial charge in [-0.05, 0) is 36.9 Å². The summed E-state index contributed by atoms with van der Waals surface area (Å²) in [5, 5.41) is 10.3. The molecule has 0 aromatic heterocycles. The molecule has 1 saturated heterocycles. The van der Waals surface area contributed by atoms with Gasteiger partial charge in [-0.1, -0.05) is 37.6 Å². The van der Waals surface area contributed by atoms with E-state index in [1.54, 1.807) is 0 Å². The van der Waals surface area contributed by atoms with Crippen molar-refractivity contribution in [2.45, 2.75) is 32.8 Å². The van der Waals surface area contributed by atoms with Gasteiger partial charge in [-0.15, -0.1) is 0 Å². The van der Waals surface area contributed by atoms with Crippen LogP contribution in [-0.4, -0.2) is 29.6 Å². The first-order valence-electron chi connectivity index (χ1n) is 6.66. The zero-order valence-corrected chi connectivity index (χ0v) is 10.9. The molecule has 1 fully saturated rings. The van der Waals surface area contributed by atoms with Crippen LogP contribution in [0.15, 0.2) is 24.3 Å². The number of benzene rings is 1. The Morgan fingerprint density at radius 1 is 1.41 bits per heavy atom. The van der Waals surface area contributed by atoms with Crippen molar-refractivity contribution in [2.75, 3.05) is 19.6 Å². The SMILES string of the molecule is CCC1CCN(CC(O)c2ccccc2C)C1. The molecular formula is C15H23NO. The van der Waals surface area contributed by atoms with Gasteiger partial charge in [-0.2, -0.15) is 0 Å². The summed E-state index contributed by atoms with van der Waals surface area (Å²) in [5.74, 6) is 0.832. The van der Waals surface area contributed by atoms with Crippen molar-refractivity contribution in [1.29, 1.82) is 0 Å². The molecule has 2 nitrogen and oxygen atoms in total. The Morgan fingerprint density at radius 3 is 2.82 bits per heavy atom. The Kier molecular flexibility index (Phi) is 4.19. The number of aliphatic hydroxyl groups excluding tert-OH is 1. The lowest BCUT2D eigenvalue weighted by atomic mass is 10.0. The van der Waals surface area contributed by atoms with Gasteiger partial charge in [0.25, 0.3) is 0 Å². The Labute approximate surface area is 104 Å². The summed E-state index contributed by atoms with van der Waals surface area (Å²) in [4.78, 5) is 2.39. The lowest BCUT2D eigenvalue weighted by molar-refractivity contribution is 0.123. The first-order chi connectivity index (χ1) is 8.20. The van der Waals surface area contributed by atoms with Crippen LogP contribution in [0.4, 0.5) is 0 Å². The van der Waals surface area contributed by atoms with E-state index >= 15 is 0 Å². The molecule has 0 amide bonds. The highest BCUT2D eigenvalue weighted by atomic mass is 16.3. The number of aliphatic hydroxyl groups is 1. The molecular weight excluding hydrogens is 210 g/mol. The van der Waals surface area contributed by atoms with E-state index in [2.05, 4.69) is 24.8 Å². The minimum atomic E-state index is -0.341. The van der Waals surface area contributed by atoms with Gasteiger partial charge in [0, 0.05) is 13.1 Å². The first kappa shape index (κ1) is 12.6. The third-order valence-corrected chi connectivity index (χ3v) is 3.93. The highest BCUT2D eigenvalue weighted by Gasteiger charge is 2.23. The van der Waals surface area contributed by atoms with Gasteiger partial charge in [0.1, 0.15) is 0 Å². The molecule has 2 atom stereocenters. The molecule has 1 aliphatic heterocycles. The molecule has 1 aromatic carbocycles. The van der Waals surface area contributed by atoms with Gasteiger partial charge in [-0.25, -0.2) is 0 Å². The molecule has 2 rings (SSSR count). The summed E-state index contributed by atoms with van der Waals surface area (Å²) in [6.45, 7) is 7.39. The summed E-state index contributed by atoms with van der Waals surface area (Å²) < 4.78 is 0. The molecule has 0 spiro atoms. The Hall–Kier alpha value is -0.860. The summed E-state index contributed by atoms with van der Waals surface area (Å²) >= 11 is 0. The fraction of sp³-hybridized carbons (Fsp3) is 0.600. The molecule has 2 heteroatoms. The summed E-state index contributed by atoms with van der Waals surface area (Å²) in [6.07, 6.45) is 2.21. The van der Waals surface area contributed by atoms with E-state index in [0.29, 0.717) is 0 Å². The molecule has 0 aliphatic carbocycles. The molecule has 1 N–H and O–H groups in total. The molecule has 0 saturated carbocycles. The van der Waals surface area contributed by atoms with Crippen LogP contribution in [0.1, 0.15) is 37.0 Å². The maximum atomic E-state index is 10.3. The van der Waals surface area contributed by atoms with Gasteiger partial charge in [0.05, 0.1) is 6.10 Å². The van der Waals surface area contributed by atoms with Gasteiger partial charge in [0.2, 0.25) is 0 Å². The van der Waals surface area contributed by atoms with Crippen LogP contribution in [0, 0.1) is 12.8 Å². The van der Waals surface area contributed by atoms with Crippen molar-refractivity contribution in [3.8, 4) is 0 Å². The van der Waals surface area contributed by atoms with Crippen LogP contribution in [0.3, 0.4) is 0 Å². The average molecular weight is 233 g/mol. The number of nitrogens with zero attached hydrogens (tertiary/aromatic N) is 1. The van der Waals surface area contributed by atoms with Crippen LogP contribution in [0.5, 0.6) is 0 Å². The van der Waals surface area contributed by atoms with E-state index in [-0.39, 0.29) is 6.10 Å². The van der Waals surface area contributed by atoms with Crippen molar-refractivity contribution in [3.63, 3.8) is 0 Å². The lowest BCUT2D eigenvalue weighted by Gasteiger charge is -2.21. The highest BCUT2D eigenvalue weighted by molar-refractivity contribution is 5.27. The number of β-amino-alcohol motifs (C(OH)–C–C–N with tert-alkyl or cyclic N) is 1. The second-order valence-electron chi connectivity index (χ2n) is 5.19. The van der Waals surface area contributed by atoms with Crippen molar-refractivity contribution >= 4 is 0 Å². The fourth-order valence-electron chi connectivity index (χ4n) is 2.72. The zero-order chi connectivity index (χ0) is 12.3. The molecule has 0 bridgehead atoms. The zero-order valence-electron chi connectivity index (χ0n) is 10.9. The van der Waals surface area contributed by atoms with Crippen LogP contribution in [0.25, 0.3) is 0 Å². The third kappa shape index (κ3) is 3.08. The minimum absolute atomic E-state index is 0.341. The van der Waals surface area contributed by atoms with E-state index < -0.39 is 0 Å². The minimum Gasteiger partial charge on any atom is -0.387 e. The third-order valence-electron chi connectivity index (χ3n) is 3.93. The van der Waals surface area contributed by atoms with Gasteiger partial charge < -0.3 is 10.0 Å². The standard InChI is InChI=1S/C15H23NO/c1-3-13-8-9-16(10-13)11-15(17)14-7-5-4-6-12(14)2/h4-7,13,15,17H,3,8-11H2,1-2H3. The van der Waals surface area contributed by atoms with Gasteiger partial charge >= 0.3 is 0 Å². The first-order valence-corrected chi connectivity index (χ1v) is 6.66. The van der Waals surface area contributed by atoms with E-state index in [1.165, 1.54) is 18.4 Å². The maximum Gasteiger partial charge on any atom is 0.0919 e. The summed E-state index contributed by atoms with van der Waals surface area (Å²) in [6, 6.07) is 8.13. The molecule has 17 heavy (non-hydrogen) atoms. The Balaban J connectivity index is 1.94. The van der Waals surface area contributed by atoms with Crippen LogP contribution >= 0.6 is 0 Å². The van der Waals surface area contributed by atoms with Crippen molar-refractivity contribution in [2.24, 2.45) is 5.92 Å². The predicted molar refractivity (Wildman–Crippen MR) is 71.0 cm³/mol. The van der Waals surface area contributed by atoms with E-state index in [4.69, 9.17) is 0 Å². The molecule has 94 valence electrons. The lowest BCUT2D eigenvalue weighted by Crippen LogP contribution is -2.26. The molecule has 1 aliphatic rings. The molecule has 1 aromatic rings. The van der Waals surface area contributed by atoms with Crippen LogP contribution in [-0.2, 0) is 0 Å². The van der Waals surface area contributed by atoms with Crippen LogP contribution < -0.4 is 0 Å². The van der Waals surface area contributed by atoms with Crippen molar-refractivity contribution in [3.05, 3.63) is 35.4 Å². The van der Waals surface area contributed by atoms with Crippen molar-refractivity contribution < 1.29 is 5.11 Å². The van der Waals surface area contributed by atoms with Crippen molar-refractivity contribution in [1.82, 2.24) is 4.90 Å². The average Bonchev–Trinajstić information content (AvgIpc) is 2.77. The summed E-state index contributed by atoms with van der Waals surface area (Å²) in [7, 11) is 0. The van der Waals surface area contributed by atoms with E-state index in [1.807, 2.05) is 18.2 Å². The molecule has 0 radical (unpaired) electrons. The number of hydrogen-bond acceptors (Lipinski definition) is 2. The van der Waals surface area contributed by atoms with E-state index in [0.717, 1.165) is 31.1 Å². The number of likely N-dealkylation sites (tertiary alicyclic amines) is 1. The topological polar surface area (TPSA) is 23.5 Å². The Bertz CT molecular complexity index is 364. The Morgan fingerprint density at radius 2 is 2.18 bits per heavy atom. The smallest absolute Gasteiger partial charge is 0.0919 e. The fourth-order valence-corrected chi connectivity index (χ4v) is 2.72. The maximum absolute atomic E-state index is 10.3. The second-order valence-corrected chi connectivity index (χ2v) is 5.19. The number of aryl methyl sites for hydroxylation is 1. The second kappa shape index (κ2) is 5.65. The largest absolute Gasteiger partial charge is 0.387 e. The highest BCUT2D eigenvalue weighted by Crippen LogP contribution is 2.23. The number of hydrogen-bond donors (Lipinski definition) is 1. The molecule has 1 heterocycles. The van der Waals surface area contributed by atoms with Gasteiger partial charge in [0.15, 0.2) is 0 Å². The number of rotatable bonds is 4. The monoisotopic (exact) mass is 233 g/mol.